The van der Waals surface area contributed by atoms with Crippen LogP contribution >= 0.6 is 0 Å². The van der Waals surface area contributed by atoms with Gasteiger partial charge in [0.2, 0.25) is 0 Å². The molecule has 0 aliphatic heterocycles. The maximum Gasteiger partial charge on any atom is 0.0641 e. The smallest absolute Gasteiger partial charge is 0.0641 e. The van der Waals surface area contributed by atoms with Crippen molar-refractivity contribution in [2.24, 2.45) is 11.8 Å². The van der Waals surface area contributed by atoms with Crippen molar-refractivity contribution in [3.8, 4) is 0 Å². The van der Waals surface area contributed by atoms with Gasteiger partial charge in [-0.3, -0.25) is 4.68 Å². The zero-order valence-corrected chi connectivity index (χ0v) is 15.0. The van der Waals surface area contributed by atoms with Gasteiger partial charge in [-0.15, -0.1) is 0 Å². The molecule has 1 aliphatic rings. The molecule has 1 N–H and O–H groups in total. The van der Waals surface area contributed by atoms with Crippen LogP contribution in [0.15, 0.2) is 0 Å². The molecule has 1 heterocycles. The van der Waals surface area contributed by atoms with Gasteiger partial charge in [0.15, 0.2) is 0 Å². The molecule has 2 rings (SSSR count). The quantitative estimate of drug-likeness (QED) is 0.895. The molecule has 0 saturated heterocycles. The van der Waals surface area contributed by atoms with E-state index < -0.39 is 0 Å². The number of rotatable bonds is 3. The summed E-state index contributed by atoms with van der Waals surface area (Å²) in [6.07, 6.45) is 3.92. The Labute approximate surface area is 130 Å². The lowest BCUT2D eigenvalue weighted by Gasteiger charge is -2.32. The number of nitrogens with zero attached hydrogens (tertiary/aromatic N) is 2. The highest BCUT2D eigenvalue weighted by atomic mass is 15.3. The summed E-state index contributed by atoms with van der Waals surface area (Å²) >= 11 is 0. The van der Waals surface area contributed by atoms with Crippen LogP contribution in [-0.4, -0.2) is 15.3 Å². The zero-order chi connectivity index (χ0) is 15.8. The van der Waals surface area contributed by atoms with Crippen molar-refractivity contribution >= 4 is 0 Å². The zero-order valence-electron chi connectivity index (χ0n) is 15.0. The minimum absolute atomic E-state index is 0.148. The Bertz CT molecular complexity index is 471. The lowest BCUT2D eigenvalue weighted by atomic mass is 9.80. The Morgan fingerprint density at radius 1 is 1.10 bits per heavy atom. The van der Waals surface area contributed by atoms with Gasteiger partial charge in [0.05, 0.1) is 11.7 Å². The van der Waals surface area contributed by atoms with Crippen LogP contribution in [0, 0.1) is 25.7 Å². The predicted molar refractivity (Wildman–Crippen MR) is 89.5 cm³/mol. The lowest BCUT2D eigenvalue weighted by molar-refractivity contribution is 0.207. The number of hydrogen-bond donors (Lipinski definition) is 1. The lowest BCUT2D eigenvalue weighted by Crippen LogP contribution is -2.35. The van der Waals surface area contributed by atoms with Gasteiger partial charge in [-0.1, -0.05) is 13.8 Å². The first kappa shape index (κ1) is 16.5. The minimum Gasteiger partial charge on any atom is -0.308 e. The summed E-state index contributed by atoms with van der Waals surface area (Å²) in [6, 6.07) is 0.589. The molecule has 1 aromatic rings. The van der Waals surface area contributed by atoms with E-state index in [1.165, 1.54) is 36.2 Å². The van der Waals surface area contributed by atoms with Crippen LogP contribution in [0.4, 0.5) is 0 Å². The van der Waals surface area contributed by atoms with Crippen molar-refractivity contribution in [1.29, 1.82) is 0 Å². The second-order valence-electron chi connectivity index (χ2n) is 8.27. The maximum atomic E-state index is 4.88. The average Bonchev–Trinajstić information content (AvgIpc) is 2.60. The molecule has 120 valence electrons. The van der Waals surface area contributed by atoms with Gasteiger partial charge in [0.25, 0.3) is 0 Å². The molecule has 1 aromatic heterocycles. The van der Waals surface area contributed by atoms with Gasteiger partial charge in [-0.05, 0) is 65.7 Å². The first-order chi connectivity index (χ1) is 9.67. The van der Waals surface area contributed by atoms with E-state index in [0.717, 1.165) is 18.4 Å². The van der Waals surface area contributed by atoms with E-state index in [4.69, 9.17) is 5.10 Å². The summed E-state index contributed by atoms with van der Waals surface area (Å²) in [5.41, 5.74) is 4.08. The molecular formula is C18H33N3. The van der Waals surface area contributed by atoms with Crippen LogP contribution in [-0.2, 0) is 6.54 Å². The summed E-state index contributed by atoms with van der Waals surface area (Å²) in [5.74, 6) is 1.64. The summed E-state index contributed by atoms with van der Waals surface area (Å²) in [7, 11) is 0. The van der Waals surface area contributed by atoms with Crippen molar-refractivity contribution in [1.82, 2.24) is 15.1 Å². The highest BCUT2D eigenvalue weighted by molar-refractivity contribution is 5.25. The molecular weight excluding hydrogens is 258 g/mol. The fourth-order valence-electron chi connectivity index (χ4n) is 3.77. The van der Waals surface area contributed by atoms with E-state index in [2.05, 4.69) is 58.5 Å². The minimum atomic E-state index is 0.148. The Kier molecular flexibility index (Phi) is 4.82. The molecule has 0 bridgehead atoms. The third-order valence-electron chi connectivity index (χ3n) is 4.77. The Balaban J connectivity index is 2.18. The summed E-state index contributed by atoms with van der Waals surface area (Å²) in [5, 5.41) is 8.48. The van der Waals surface area contributed by atoms with Crippen LogP contribution in [0.5, 0.6) is 0 Å². The van der Waals surface area contributed by atoms with Crippen molar-refractivity contribution in [2.45, 2.75) is 85.9 Å². The van der Waals surface area contributed by atoms with E-state index in [9.17, 15) is 0 Å². The molecule has 3 nitrogen and oxygen atoms in total. The standard InChI is InChI=1S/C18H33N3/c1-12-8-13(2)10-16(9-12)21-15(4)17(14(3)20-21)11-19-18(5,6)7/h12-13,16,19H,8-11H2,1-7H3. The van der Waals surface area contributed by atoms with E-state index >= 15 is 0 Å². The number of nitrogens with one attached hydrogen (secondary N) is 1. The highest BCUT2D eigenvalue weighted by Gasteiger charge is 2.27. The van der Waals surface area contributed by atoms with E-state index in [1.54, 1.807) is 0 Å². The van der Waals surface area contributed by atoms with Crippen molar-refractivity contribution in [3.05, 3.63) is 17.0 Å². The second-order valence-corrected chi connectivity index (χ2v) is 8.27. The Morgan fingerprint density at radius 2 is 1.67 bits per heavy atom. The van der Waals surface area contributed by atoms with E-state index in [0.29, 0.717) is 6.04 Å². The van der Waals surface area contributed by atoms with Gasteiger partial charge >= 0.3 is 0 Å². The van der Waals surface area contributed by atoms with E-state index in [-0.39, 0.29) is 5.54 Å². The van der Waals surface area contributed by atoms with Crippen LogP contribution < -0.4 is 5.32 Å². The molecule has 2 atom stereocenters. The second kappa shape index (κ2) is 6.12. The van der Waals surface area contributed by atoms with Crippen LogP contribution in [0.25, 0.3) is 0 Å². The van der Waals surface area contributed by atoms with Crippen LogP contribution in [0.1, 0.15) is 76.9 Å². The predicted octanol–water partition coefficient (Wildman–Crippen LogP) is 4.39. The monoisotopic (exact) mass is 291 g/mol. The maximum absolute atomic E-state index is 4.88. The fraction of sp³-hybridized carbons (Fsp3) is 0.833. The summed E-state index contributed by atoms with van der Waals surface area (Å²) in [4.78, 5) is 0. The molecule has 0 amide bonds. The van der Waals surface area contributed by atoms with Crippen LogP contribution in [0.3, 0.4) is 0 Å². The molecule has 1 saturated carbocycles. The number of aryl methyl sites for hydroxylation is 1. The van der Waals surface area contributed by atoms with Crippen molar-refractivity contribution in [3.63, 3.8) is 0 Å². The first-order valence-electron chi connectivity index (χ1n) is 8.47. The normalized spacial score (nSPS) is 27.1. The third-order valence-corrected chi connectivity index (χ3v) is 4.77. The van der Waals surface area contributed by atoms with E-state index in [1.807, 2.05) is 0 Å². The SMILES string of the molecule is Cc1nn(C2CC(C)CC(C)C2)c(C)c1CNC(C)(C)C. The number of hydrogen-bond acceptors (Lipinski definition) is 2. The average molecular weight is 291 g/mol. The molecule has 2 unspecified atom stereocenters. The van der Waals surface area contributed by atoms with Gasteiger partial charge in [0.1, 0.15) is 0 Å². The molecule has 1 aliphatic carbocycles. The van der Waals surface area contributed by atoms with Gasteiger partial charge in [-0.25, -0.2) is 0 Å². The third kappa shape index (κ3) is 4.09. The molecule has 0 spiro atoms. The van der Waals surface area contributed by atoms with Crippen LogP contribution in [0.2, 0.25) is 0 Å². The van der Waals surface area contributed by atoms with Crippen molar-refractivity contribution < 1.29 is 0 Å². The highest BCUT2D eigenvalue weighted by Crippen LogP contribution is 2.36. The topological polar surface area (TPSA) is 29.9 Å². The van der Waals surface area contributed by atoms with Gasteiger partial charge in [-0.2, -0.15) is 5.10 Å². The molecule has 3 heteroatoms. The summed E-state index contributed by atoms with van der Waals surface area (Å²) < 4.78 is 2.32. The Hall–Kier alpha value is -0.830. The molecule has 21 heavy (non-hydrogen) atoms. The van der Waals surface area contributed by atoms with Gasteiger partial charge < -0.3 is 5.32 Å². The summed E-state index contributed by atoms with van der Waals surface area (Å²) in [6.45, 7) is 16.7. The fourth-order valence-corrected chi connectivity index (χ4v) is 3.77. The number of aromatic nitrogens is 2. The largest absolute Gasteiger partial charge is 0.308 e. The first-order valence-corrected chi connectivity index (χ1v) is 8.47. The molecule has 1 fully saturated rings. The molecule has 0 radical (unpaired) electrons. The Morgan fingerprint density at radius 3 is 2.19 bits per heavy atom. The van der Waals surface area contributed by atoms with Gasteiger partial charge in [0, 0.05) is 23.3 Å². The van der Waals surface area contributed by atoms with Crippen molar-refractivity contribution in [2.75, 3.05) is 0 Å². The molecule has 0 aromatic carbocycles.